The van der Waals surface area contributed by atoms with Crippen LogP contribution in [0.4, 0.5) is 0 Å². The molecule has 0 spiro atoms. The number of aromatic nitrogens is 2. The van der Waals surface area contributed by atoms with E-state index in [4.69, 9.17) is 9.47 Å². The first kappa shape index (κ1) is 14.2. The predicted molar refractivity (Wildman–Crippen MR) is 67.0 cm³/mol. The molecule has 1 heterocycles. The van der Waals surface area contributed by atoms with Crippen LogP contribution in [0.2, 0.25) is 0 Å². The standard InChI is InChI=1S/C12H23N3O2/c1-11(13-2)12-9-14-15(10-12)5-8-17-7-4-6-16-3/h9-11,13H,4-8H2,1-3H3. The summed E-state index contributed by atoms with van der Waals surface area (Å²) < 4.78 is 12.3. The molecule has 1 atom stereocenters. The zero-order chi connectivity index (χ0) is 12.5. The number of hydrogen-bond donors (Lipinski definition) is 1. The van der Waals surface area contributed by atoms with Gasteiger partial charge in [-0.05, 0) is 20.4 Å². The van der Waals surface area contributed by atoms with E-state index in [1.807, 2.05) is 17.9 Å². The van der Waals surface area contributed by atoms with E-state index in [2.05, 4.69) is 23.5 Å². The van der Waals surface area contributed by atoms with Crippen LogP contribution >= 0.6 is 0 Å². The first-order chi connectivity index (χ1) is 8.27. The molecule has 1 rings (SSSR count). The lowest BCUT2D eigenvalue weighted by molar-refractivity contribution is 0.0961. The topological polar surface area (TPSA) is 48.3 Å². The molecule has 0 saturated heterocycles. The van der Waals surface area contributed by atoms with Crippen LogP contribution in [0.1, 0.15) is 24.9 Å². The van der Waals surface area contributed by atoms with Crippen molar-refractivity contribution in [2.75, 3.05) is 34.0 Å². The van der Waals surface area contributed by atoms with Gasteiger partial charge >= 0.3 is 0 Å². The van der Waals surface area contributed by atoms with Gasteiger partial charge in [0, 0.05) is 38.1 Å². The average Bonchev–Trinajstić information content (AvgIpc) is 2.81. The number of nitrogens with zero attached hydrogens (tertiary/aromatic N) is 2. The first-order valence-corrected chi connectivity index (χ1v) is 6.04. The van der Waals surface area contributed by atoms with Gasteiger partial charge in [0.05, 0.1) is 19.3 Å². The molecule has 5 nitrogen and oxygen atoms in total. The Kier molecular flexibility index (Phi) is 6.84. The summed E-state index contributed by atoms with van der Waals surface area (Å²) in [5, 5.41) is 7.48. The molecule has 0 aliphatic carbocycles. The molecule has 1 unspecified atom stereocenters. The van der Waals surface area contributed by atoms with Crippen molar-refractivity contribution in [3.8, 4) is 0 Å². The smallest absolute Gasteiger partial charge is 0.0662 e. The highest BCUT2D eigenvalue weighted by Gasteiger charge is 2.04. The monoisotopic (exact) mass is 241 g/mol. The fourth-order valence-corrected chi connectivity index (χ4v) is 1.46. The summed E-state index contributed by atoms with van der Waals surface area (Å²) in [6, 6.07) is 0.339. The van der Waals surface area contributed by atoms with Gasteiger partial charge < -0.3 is 14.8 Å². The normalized spacial score (nSPS) is 12.9. The Morgan fingerprint density at radius 2 is 2.24 bits per heavy atom. The highest BCUT2D eigenvalue weighted by Crippen LogP contribution is 2.09. The van der Waals surface area contributed by atoms with Crippen LogP contribution < -0.4 is 5.32 Å². The second kappa shape index (κ2) is 8.22. The first-order valence-electron chi connectivity index (χ1n) is 6.04. The zero-order valence-electron chi connectivity index (χ0n) is 11.0. The predicted octanol–water partition coefficient (Wildman–Crippen LogP) is 1.22. The van der Waals surface area contributed by atoms with Crippen LogP contribution in [0, 0.1) is 0 Å². The molecule has 1 aromatic rings. The fraction of sp³-hybridized carbons (Fsp3) is 0.750. The average molecular weight is 241 g/mol. The van der Waals surface area contributed by atoms with Crippen molar-refractivity contribution < 1.29 is 9.47 Å². The highest BCUT2D eigenvalue weighted by molar-refractivity contribution is 5.08. The van der Waals surface area contributed by atoms with E-state index in [-0.39, 0.29) is 0 Å². The van der Waals surface area contributed by atoms with Gasteiger partial charge in [-0.25, -0.2) is 0 Å². The molecule has 0 saturated carbocycles. The van der Waals surface area contributed by atoms with Crippen molar-refractivity contribution in [3.05, 3.63) is 18.0 Å². The summed E-state index contributed by atoms with van der Waals surface area (Å²) >= 11 is 0. The summed E-state index contributed by atoms with van der Waals surface area (Å²) in [5.74, 6) is 0. The maximum Gasteiger partial charge on any atom is 0.0662 e. The van der Waals surface area contributed by atoms with Gasteiger partial charge in [0.1, 0.15) is 0 Å². The summed E-state index contributed by atoms with van der Waals surface area (Å²) in [6.45, 7) is 5.10. The van der Waals surface area contributed by atoms with E-state index in [0.717, 1.165) is 26.2 Å². The van der Waals surface area contributed by atoms with Gasteiger partial charge in [0.25, 0.3) is 0 Å². The second-order valence-electron chi connectivity index (χ2n) is 4.01. The van der Waals surface area contributed by atoms with Crippen molar-refractivity contribution in [2.45, 2.75) is 25.9 Å². The molecule has 0 bridgehead atoms. The quantitative estimate of drug-likeness (QED) is 0.660. The minimum absolute atomic E-state index is 0.339. The lowest BCUT2D eigenvalue weighted by Crippen LogP contribution is -2.11. The lowest BCUT2D eigenvalue weighted by Gasteiger charge is -2.06. The van der Waals surface area contributed by atoms with Crippen molar-refractivity contribution >= 4 is 0 Å². The van der Waals surface area contributed by atoms with Gasteiger partial charge in [-0.1, -0.05) is 0 Å². The molecule has 1 N–H and O–H groups in total. The largest absolute Gasteiger partial charge is 0.385 e. The maximum atomic E-state index is 5.48. The number of methoxy groups -OCH3 is 1. The summed E-state index contributed by atoms with van der Waals surface area (Å²) in [7, 11) is 3.65. The Bertz CT molecular complexity index is 302. The molecule has 17 heavy (non-hydrogen) atoms. The van der Waals surface area contributed by atoms with Crippen LogP contribution in [0.5, 0.6) is 0 Å². The Labute approximate surface area is 103 Å². The third kappa shape index (κ3) is 5.30. The van der Waals surface area contributed by atoms with Crippen LogP contribution in [0.3, 0.4) is 0 Å². The van der Waals surface area contributed by atoms with Crippen LogP contribution in [-0.4, -0.2) is 43.8 Å². The van der Waals surface area contributed by atoms with Gasteiger partial charge in [-0.3, -0.25) is 4.68 Å². The van der Waals surface area contributed by atoms with E-state index < -0.39 is 0 Å². The van der Waals surface area contributed by atoms with Crippen LogP contribution in [0.15, 0.2) is 12.4 Å². The van der Waals surface area contributed by atoms with Gasteiger partial charge in [-0.2, -0.15) is 5.10 Å². The molecule has 98 valence electrons. The molecule has 0 aromatic carbocycles. The molecular formula is C12H23N3O2. The van der Waals surface area contributed by atoms with E-state index >= 15 is 0 Å². The number of ether oxygens (including phenoxy) is 2. The highest BCUT2D eigenvalue weighted by atomic mass is 16.5. The van der Waals surface area contributed by atoms with Crippen molar-refractivity contribution in [3.63, 3.8) is 0 Å². The van der Waals surface area contributed by atoms with Gasteiger partial charge in [0.15, 0.2) is 0 Å². The van der Waals surface area contributed by atoms with E-state index in [1.54, 1.807) is 7.11 Å². The van der Waals surface area contributed by atoms with Gasteiger partial charge in [-0.15, -0.1) is 0 Å². The third-order valence-electron chi connectivity index (χ3n) is 2.69. The Morgan fingerprint density at radius 3 is 2.94 bits per heavy atom. The molecule has 0 radical (unpaired) electrons. The third-order valence-corrected chi connectivity index (χ3v) is 2.69. The summed E-state index contributed by atoms with van der Waals surface area (Å²) in [4.78, 5) is 0. The number of hydrogen-bond acceptors (Lipinski definition) is 4. The van der Waals surface area contributed by atoms with E-state index in [9.17, 15) is 0 Å². The van der Waals surface area contributed by atoms with Gasteiger partial charge in [0.2, 0.25) is 0 Å². The van der Waals surface area contributed by atoms with Crippen molar-refractivity contribution in [1.29, 1.82) is 0 Å². The minimum atomic E-state index is 0.339. The minimum Gasteiger partial charge on any atom is -0.385 e. The van der Waals surface area contributed by atoms with E-state index in [1.165, 1.54) is 5.56 Å². The Morgan fingerprint density at radius 1 is 1.41 bits per heavy atom. The zero-order valence-corrected chi connectivity index (χ0v) is 11.0. The van der Waals surface area contributed by atoms with Crippen LogP contribution in [-0.2, 0) is 16.0 Å². The Balaban J connectivity index is 2.16. The molecule has 0 fully saturated rings. The number of nitrogens with one attached hydrogen (secondary N) is 1. The van der Waals surface area contributed by atoms with Crippen molar-refractivity contribution in [2.24, 2.45) is 0 Å². The number of rotatable bonds is 9. The van der Waals surface area contributed by atoms with Crippen LogP contribution in [0.25, 0.3) is 0 Å². The molecule has 0 aliphatic heterocycles. The molecule has 0 aliphatic rings. The molecular weight excluding hydrogens is 218 g/mol. The fourth-order valence-electron chi connectivity index (χ4n) is 1.46. The second-order valence-corrected chi connectivity index (χ2v) is 4.01. The summed E-state index contributed by atoms with van der Waals surface area (Å²) in [6.07, 6.45) is 4.89. The lowest BCUT2D eigenvalue weighted by atomic mass is 10.2. The maximum absolute atomic E-state index is 5.48. The summed E-state index contributed by atoms with van der Waals surface area (Å²) in [5.41, 5.74) is 1.20. The molecule has 5 heteroatoms. The van der Waals surface area contributed by atoms with E-state index in [0.29, 0.717) is 12.6 Å². The Hall–Kier alpha value is -0.910. The SMILES string of the molecule is CNC(C)c1cnn(CCOCCCOC)c1. The van der Waals surface area contributed by atoms with Crippen molar-refractivity contribution in [1.82, 2.24) is 15.1 Å². The molecule has 0 amide bonds. The molecule has 1 aromatic heterocycles.